The Morgan fingerprint density at radius 2 is 1.80 bits per heavy atom. The number of rotatable bonds is 5. The van der Waals surface area contributed by atoms with Crippen molar-refractivity contribution in [2.75, 3.05) is 30.4 Å². The summed E-state index contributed by atoms with van der Waals surface area (Å²) in [6, 6.07) is 6.41. The summed E-state index contributed by atoms with van der Waals surface area (Å²) in [4.78, 5) is 13.9. The molecule has 1 heterocycles. The van der Waals surface area contributed by atoms with Gasteiger partial charge in [-0.05, 0) is 49.2 Å². The van der Waals surface area contributed by atoms with Gasteiger partial charge in [-0.2, -0.15) is 21.6 Å². The quantitative estimate of drug-likeness (QED) is 0.681. The van der Waals surface area contributed by atoms with Crippen LogP contribution in [0.5, 0.6) is 5.75 Å². The Kier molecular flexibility index (Phi) is 5.95. The van der Waals surface area contributed by atoms with Gasteiger partial charge in [-0.25, -0.2) is 0 Å². The first-order valence-electron chi connectivity index (χ1n) is 8.94. The van der Waals surface area contributed by atoms with E-state index in [1.54, 1.807) is 0 Å². The second kappa shape index (κ2) is 8.15. The van der Waals surface area contributed by atoms with Crippen molar-refractivity contribution in [2.45, 2.75) is 23.9 Å². The summed E-state index contributed by atoms with van der Waals surface area (Å²) in [5.74, 6) is -1.01. The number of amides is 1. The van der Waals surface area contributed by atoms with E-state index in [-0.39, 0.29) is 17.0 Å². The predicted molar refractivity (Wildman–Crippen MR) is 104 cm³/mol. The van der Waals surface area contributed by atoms with Crippen molar-refractivity contribution in [3.63, 3.8) is 0 Å². The lowest BCUT2D eigenvalue weighted by molar-refractivity contribution is -0.137. The van der Waals surface area contributed by atoms with Gasteiger partial charge in [-0.15, -0.1) is 0 Å². The largest absolute Gasteiger partial charge is 0.495 e. The van der Waals surface area contributed by atoms with Gasteiger partial charge >= 0.3 is 6.18 Å². The van der Waals surface area contributed by atoms with Crippen molar-refractivity contribution >= 4 is 27.4 Å². The number of alkyl halides is 3. The van der Waals surface area contributed by atoms with Crippen LogP contribution in [-0.4, -0.2) is 39.1 Å². The third-order valence-corrected chi connectivity index (χ3v) is 5.60. The van der Waals surface area contributed by atoms with E-state index in [1.165, 1.54) is 25.3 Å². The number of anilines is 2. The molecule has 0 spiro atoms. The Labute approximate surface area is 171 Å². The molecule has 2 aromatic rings. The van der Waals surface area contributed by atoms with Gasteiger partial charge in [0, 0.05) is 18.7 Å². The number of ether oxygens (including phenoxy) is 1. The molecule has 2 N–H and O–H groups in total. The molecule has 162 valence electrons. The van der Waals surface area contributed by atoms with Gasteiger partial charge in [0.25, 0.3) is 16.0 Å². The van der Waals surface area contributed by atoms with Crippen molar-refractivity contribution < 1.29 is 35.7 Å². The van der Waals surface area contributed by atoms with Crippen LogP contribution in [0.1, 0.15) is 28.8 Å². The lowest BCUT2D eigenvalue weighted by Gasteiger charge is -2.23. The minimum Gasteiger partial charge on any atom is -0.495 e. The van der Waals surface area contributed by atoms with E-state index in [9.17, 15) is 30.9 Å². The number of carbonyl (C=O) groups excluding carboxylic acids is 1. The van der Waals surface area contributed by atoms with Crippen LogP contribution in [0.15, 0.2) is 41.3 Å². The second-order valence-corrected chi connectivity index (χ2v) is 8.11. The Balaban J connectivity index is 1.99. The molecule has 0 bridgehead atoms. The molecule has 30 heavy (non-hydrogen) atoms. The standard InChI is InChI=1S/C19H19F3N2O5S/c1-29-16-7-4-12(10-17(16)30(26,27)28)18(25)23-14-11-13(19(20,21)22)5-6-15(14)24-8-2-3-9-24/h4-7,10-11H,2-3,8-9H2,1H3,(H,23,25)(H,26,27,28). The monoisotopic (exact) mass is 444 g/mol. The molecule has 1 fully saturated rings. The average Bonchev–Trinajstić information content (AvgIpc) is 3.20. The lowest BCUT2D eigenvalue weighted by Crippen LogP contribution is -2.22. The number of benzene rings is 2. The van der Waals surface area contributed by atoms with Gasteiger partial charge in [0.15, 0.2) is 0 Å². The van der Waals surface area contributed by atoms with E-state index in [1.807, 2.05) is 4.90 Å². The van der Waals surface area contributed by atoms with Crippen molar-refractivity contribution in [1.82, 2.24) is 0 Å². The SMILES string of the molecule is COc1ccc(C(=O)Nc2cc(C(F)(F)F)ccc2N2CCCC2)cc1S(=O)(=O)O. The zero-order chi connectivity index (χ0) is 22.1. The molecule has 0 atom stereocenters. The summed E-state index contributed by atoms with van der Waals surface area (Å²) in [7, 11) is -3.49. The summed E-state index contributed by atoms with van der Waals surface area (Å²) >= 11 is 0. The molecule has 1 aliphatic heterocycles. The number of carbonyl (C=O) groups is 1. The predicted octanol–water partition coefficient (Wildman–Crippen LogP) is 3.81. The number of nitrogens with zero attached hydrogens (tertiary/aromatic N) is 1. The van der Waals surface area contributed by atoms with Crippen LogP contribution in [-0.2, 0) is 16.3 Å². The first-order valence-corrected chi connectivity index (χ1v) is 10.4. The highest BCUT2D eigenvalue weighted by Crippen LogP contribution is 2.37. The van der Waals surface area contributed by atoms with Gasteiger partial charge in [0.2, 0.25) is 0 Å². The van der Waals surface area contributed by atoms with E-state index in [4.69, 9.17) is 4.74 Å². The fourth-order valence-electron chi connectivity index (χ4n) is 3.26. The first kappa shape index (κ1) is 21.9. The molecule has 11 heteroatoms. The Hall–Kier alpha value is -2.79. The highest BCUT2D eigenvalue weighted by molar-refractivity contribution is 7.86. The Morgan fingerprint density at radius 3 is 2.37 bits per heavy atom. The molecule has 1 amide bonds. The average molecular weight is 444 g/mol. The zero-order valence-corrected chi connectivity index (χ0v) is 16.7. The topological polar surface area (TPSA) is 95.9 Å². The molecule has 1 aliphatic rings. The van der Waals surface area contributed by atoms with E-state index >= 15 is 0 Å². The summed E-state index contributed by atoms with van der Waals surface area (Å²) in [6.07, 6.45) is -2.84. The maximum atomic E-state index is 13.2. The van der Waals surface area contributed by atoms with E-state index in [2.05, 4.69) is 5.32 Å². The van der Waals surface area contributed by atoms with Crippen LogP contribution in [0.25, 0.3) is 0 Å². The summed E-state index contributed by atoms with van der Waals surface area (Å²) in [6.45, 7) is 1.29. The van der Waals surface area contributed by atoms with Crippen LogP contribution in [0.2, 0.25) is 0 Å². The maximum Gasteiger partial charge on any atom is 0.416 e. The van der Waals surface area contributed by atoms with E-state index in [0.29, 0.717) is 18.8 Å². The summed E-state index contributed by atoms with van der Waals surface area (Å²) < 4.78 is 76.8. The highest BCUT2D eigenvalue weighted by Gasteiger charge is 2.32. The molecule has 1 saturated heterocycles. The lowest BCUT2D eigenvalue weighted by atomic mass is 10.1. The number of hydrogen-bond acceptors (Lipinski definition) is 5. The molecular formula is C19H19F3N2O5S. The van der Waals surface area contributed by atoms with Gasteiger partial charge in [-0.1, -0.05) is 0 Å². The highest BCUT2D eigenvalue weighted by atomic mass is 32.2. The van der Waals surface area contributed by atoms with Gasteiger partial charge in [0.1, 0.15) is 10.6 Å². The minimum absolute atomic E-state index is 0.0408. The van der Waals surface area contributed by atoms with Crippen LogP contribution in [0.3, 0.4) is 0 Å². The Bertz CT molecular complexity index is 1060. The fraction of sp³-hybridized carbons (Fsp3) is 0.316. The molecule has 2 aromatic carbocycles. The number of halogens is 3. The van der Waals surface area contributed by atoms with Crippen LogP contribution >= 0.6 is 0 Å². The van der Waals surface area contributed by atoms with Crippen molar-refractivity contribution in [3.05, 3.63) is 47.5 Å². The molecule has 0 radical (unpaired) electrons. The molecule has 3 rings (SSSR count). The zero-order valence-electron chi connectivity index (χ0n) is 15.9. The van der Waals surface area contributed by atoms with E-state index < -0.39 is 32.7 Å². The van der Waals surface area contributed by atoms with Gasteiger partial charge in [-0.3, -0.25) is 9.35 Å². The number of nitrogens with one attached hydrogen (secondary N) is 1. The van der Waals surface area contributed by atoms with Gasteiger partial charge in [0.05, 0.1) is 24.0 Å². The third kappa shape index (κ3) is 4.68. The number of hydrogen-bond donors (Lipinski definition) is 2. The van der Waals surface area contributed by atoms with E-state index in [0.717, 1.165) is 31.0 Å². The molecule has 0 saturated carbocycles. The van der Waals surface area contributed by atoms with Gasteiger partial charge < -0.3 is 15.0 Å². The molecular weight excluding hydrogens is 425 g/mol. The van der Waals surface area contributed by atoms with Crippen molar-refractivity contribution in [2.24, 2.45) is 0 Å². The molecule has 7 nitrogen and oxygen atoms in total. The molecule has 0 aliphatic carbocycles. The van der Waals surface area contributed by atoms with Crippen LogP contribution < -0.4 is 15.0 Å². The Morgan fingerprint density at radius 1 is 1.13 bits per heavy atom. The third-order valence-electron chi connectivity index (χ3n) is 4.72. The molecule has 0 aromatic heterocycles. The van der Waals surface area contributed by atoms with Crippen LogP contribution in [0.4, 0.5) is 24.5 Å². The fourth-order valence-corrected chi connectivity index (χ4v) is 3.94. The summed E-state index contributed by atoms with van der Waals surface area (Å²) in [5, 5.41) is 2.43. The first-order chi connectivity index (χ1) is 14.0. The summed E-state index contributed by atoms with van der Waals surface area (Å²) in [5.41, 5.74) is -0.694. The van der Waals surface area contributed by atoms with Crippen molar-refractivity contribution in [3.8, 4) is 5.75 Å². The minimum atomic E-state index is -4.68. The number of methoxy groups -OCH3 is 1. The van der Waals surface area contributed by atoms with Crippen molar-refractivity contribution in [1.29, 1.82) is 0 Å². The molecule has 0 unspecified atom stereocenters. The normalized spacial score (nSPS) is 14.6. The smallest absolute Gasteiger partial charge is 0.416 e. The second-order valence-electron chi connectivity index (χ2n) is 6.72. The maximum absolute atomic E-state index is 13.2. The van der Waals surface area contributed by atoms with Crippen LogP contribution in [0, 0.1) is 0 Å².